The number of fused-ring (bicyclic) bond motifs is 2. The molecule has 10 heteroatoms. The Morgan fingerprint density at radius 3 is 2.58 bits per heavy atom. The number of hydrogen-bond donors (Lipinski definition) is 1. The average Bonchev–Trinajstić information content (AvgIpc) is 3.32. The molecule has 1 N–H and O–H groups in total. The van der Waals surface area contributed by atoms with Gasteiger partial charge in [0.1, 0.15) is 17.1 Å². The van der Waals surface area contributed by atoms with Crippen LogP contribution in [0.15, 0.2) is 52.4 Å². The van der Waals surface area contributed by atoms with Gasteiger partial charge in [0.05, 0.1) is 17.3 Å². The van der Waals surface area contributed by atoms with Gasteiger partial charge in [-0.05, 0) is 68.2 Å². The zero-order valence-corrected chi connectivity index (χ0v) is 20.8. The number of halogens is 1. The Morgan fingerprint density at radius 1 is 1.03 bits per heavy atom. The first-order valence-corrected chi connectivity index (χ1v) is 13.8. The Labute approximate surface area is 211 Å². The van der Waals surface area contributed by atoms with Crippen molar-refractivity contribution in [3.05, 3.63) is 75.2 Å². The smallest absolute Gasteiger partial charge is 0.308 e. The number of rotatable bonds is 5. The van der Waals surface area contributed by atoms with Crippen LogP contribution in [-0.4, -0.2) is 41.1 Å². The summed E-state index contributed by atoms with van der Waals surface area (Å²) in [6.07, 6.45) is 9.93. The van der Waals surface area contributed by atoms with Crippen LogP contribution in [0, 0.1) is 5.82 Å². The van der Waals surface area contributed by atoms with Gasteiger partial charge in [0.15, 0.2) is 0 Å². The van der Waals surface area contributed by atoms with Gasteiger partial charge in [-0.2, -0.15) is 11.8 Å². The molecule has 0 unspecified atom stereocenters. The van der Waals surface area contributed by atoms with Crippen LogP contribution in [0.1, 0.15) is 56.3 Å². The Kier molecular flexibility index (Phi) is 6.39. The van der Waals surface area contributed by atoms with Gasteiger partial charge in [-0.1, -0.05) is 6.07 Å². The van der Waals surface area contributed by atoms with E-state index in [0.29, 0.717) is 31.1 Å². The molecule has 36 heavy (non-hydrogen) atoms. The molecule has 2 aliphatic rings. The second-order valence-electron chi connectivity index (χ2n) is 9.78. The number of pyridine rings is 2. The fraction of sp³-hybridized carbons (Fsp3) is 0.462. The van der Waals surface area contributed by atoms with Crippen molar-refractivity contribution in [1.29, 1.82) is 0 Å². The number of thioether (sulfide) groups is 1. The van der Waals surface area contributed by atoms with E-state index >= 15 is 0 Å². The maximum Gasteiger partial charge on any atom is 0.333 e. The number of nitrogens with one attached hydrogen (secondary N) is 1. The SMILES string of the molecule is O=c1c2cc(F)cnc2n(C2CCSCC2)c(=O)n1C1CCC(NCc2cn3ccccc3n2)CC1. The Balaban J connectivity index is 1.23. The molecule has 0 atom stereocenters. The highest BCUT2D eigenvalue weighted by Crippen LogP contribution is 2.30. The first-order chi connectivity index (χ1) is 17.6. The summed E-state index contributed by atoms with van der Waals surface area (Å²) >= 11 is 1.87. The van der Waals surface area contributed by atoms with Crippen molar-refractivity contribution >= 4 is 28.4 Å². The van der Waals surface area contributed by atoms with Gasteiger partial charge in [-0.3, -0.25) is 13.9 Å². The van der Waals surface area contributed by atoms with Crippen molar-refractivity contribution in [3.8, 4) is 0 Å². The molecular formula is C26H29FN6O2S. The van der Waals surface area contributed by atoms with Crippen molar-refractivity contribution < 1.29 is 4.39 Å². The molecule has 4 aromatic rings. The quantitative estimate of drug-likeness (QED) is 0.443. The van der Waals surface area contributed by atoms with E-state index in [1.54, 1.807) is 4.57 Å². The number of imidazole rings is 1. The topological polar surface area (TPSA) is 86.2 Å². The van der Waals surface area contributed by atoms with Crippen LogP contribution in [0.2, 0.25) is 0 Å². The zero-order valence-electron chi connectivity index (χ0n) is 20.0. The monoisotopic (exact) mass is 508 g/mol. The lowest BCUT2D eigenvalue weighted by Crippen LogP contribution is -2.46. The molecule has 1 saturated heterocycles. The van der Waals surface area contributed by atoms with Crippen molar-refractivity contribution in [2.45, 2.75) is 63.2 Å². The summed E-state index contributed by atoms with van der Waals surface area (Å²) in [7, 11) is 0. The molecule has 6 rings (SSSR count). The predicted octanol–water partition coefficient (Wildman–Crippen LogP) is 3.69. The highest BCUT2D eigenvalue weighted by Gasteiger charge is 2.29. The lowest BCUT2D eigenvalue weighted by Gasteiger charge is -2.31. The van der Waals surface area contributed by atoms with E-state index in [-0.39, 0.29) is 23.2 Å². The van der Waals surface area contributed by atoms with Crippen LogP contribution in [0.5, 0.6) is 0 Å². The number of hydrogen-bond acceptors (Lipinski definition) is 6. The van der Waals surface area contributed by atoms with Crippen LogP contribution < -0.4 is 16.6 Å². The third-order valence-electron chi connectivity index (χ3n) is 7.53. The van der Waals surface area contributed by atoms with Gasteiger partial charge < -0.3 is 9.72 Å². The zero-order chi connectivity index (χ0) is 24.6. The second-order valence-corrected chi connectivity index (χ2v) is 11.0. The highest BCUT2D eigenvalue weighted by atomic mass is 32.2. The minimum atomic E-state index is -0.560. The largest absolute Gasteiger partial charge is 0.333 e. The fourth-order valence-corrected chi connectivity index (χ4v) is 6.74. The Hall–Kier alpha value is -2.98. The summed E-state index contributed by atoms with van der Waals surface area (Å²) in [6, 6.07) is 7.24. The molecular weight excluding hydrogens is 479 g/mol. The molecule has 8 nitrogen and oxygen atoms in total. The lowest BCUT2D eigenvalue weighted by atomic mass is 9.91. The van der Waals surface area contributed by atoms with E-state index in [9.17, 15) is 14.0 Å². The molecule has 5 heterocycles. The number of nitrogens with zero attached hydrogens (tertiary/aromatic N) is 5. The molecule has 1 saturated carbocycles. The van der Waals surface area contributed by atoms with Crippen molar-refractivity contribution in [1.82, 2.24) is 28.8 Å². The minimum Gasteiger partial charge on any atom is -0.308 e. The van der Waals surface area contributed by atoms with E-state index in [1.807, 2.05) is 46.8 Å². The lowest BCUT2D eigenvalue weighted by molar-refractivity contribution is 0.274. The molecule has 2 fully saturated rings. The summed E-state index contributed by atoms with van der Waals surface area (Å²) in [6.45, 7) is 0.671. The van der Waals surface area contributed by atoms with E-state index in [4.69, 9.17) is 0 Å². The van der Waals surface area contributed by atoms with Crippen LogP contribution in [0.3, 0.4) is 0 Å². The van der Waals surface area contributed by atoms with E-state index in [0.717, 1.165) is 54.7 Å². The van der Waals surface area contributed by atoms with Gasteiger partial charge in [0.25, 0.3) is 5.56 Å². The number of aromatic nitrogens is 5. The average molecular weight is 509 g/mol. The maximum atomic E-state index is 14.1. The molecule has 1 aliphatic heterocycles. The van der Waals surface area contributed by atoms with Gasteiger partial charge in [0, 0.05) is 37.1 Å². The molecule has 0 radical (unpaired) electrons. The van der Waals surface area contributed by atoms with Crippen molar-refractivity contribution in [3.63, 3.8) is 0 Å². The van der Waals surface area contributed by atoms with E-state index in [1.165, 1.54) is 10.6 Å². The summed E-state index contributed by atoms with van der Waals surface area (Å²) in [5.41, 5.74) is 1.49. The van der Waals surface area contributed by atoms with E-state index in [2.05, 4.69) is 15.3 Å². The molecule has 0 aromatic carbocycles. The minimum absolute atomic E-state index is 0.0190. The first-order valence-electron chi connectivity index (χ1n) is 12.6. The third kappa shape index (κ3) is 4.37. The standard InChI is InChI=1S/C26H29FN6O2S/c27-17-13-22-24(29-14-17)32(21-8-11-36-12-9-21)26(35)33(25(22)34)20-6-4-18(5-7-20)28-15-19-16-31-10-2-1-3-23(31)30-19/h1-3,10,13-14,16,18,20-21,28H,4-9,11-12,15H2. The molecule has 1 aliphatic carbocycles. The van der Waals surface area contributed by atoms with Crippen molar-refractivity contribution in [2.75, 3.05) is 11.5 Å². The molecule has 0 bridgehead atoms. The van der Waals surface area contributed by atoms with Gasteiger partial charge >= 0.3 is 5.69 Å². The summed E-state index contributed by atoms with van der Waals surface area (Å²) in [5.74, 6) is 1.36. The van der Waals surface area contributed by atoms with Crippen LogP contribution in [-0.2, 0) is 6.54 Å². The maximum absolute atomic E-state index is 14.1. The van der Waals surface area contributed by atoms with Crippen LogP contribution >= 0.6 is 11.8 Å². The first kappa shape index (κ1) is 23.4. The summed E-state index contributed by atoms with van der Waals surface area (Å²) in [5, 5.41) is 3.79. The normalized spacial score (nSPS) is 21.4. The van der Waals surface area contributed by atoms with Crippen LogP contribution in [0.25, 0.3) is 16.7 Å². The highest BCUT2D eigenvalue weighted by molar-refractivity contribution is 7.99. The molecule has 4 aromatic heterocycles. The Bertz CT molecular complexity index is 1480. The fourth-order valence-electron chi connectivity index (χ4n) is 5.66. The van der Waals surface area contributed by atoms with Gasteiger partial charge in [-0.15, -0.1) is 0 Å². The Morgan fingerprint density at radius 2 is 1.81 bits per heavy atom. The third-order valence-corrected chi connectivity index (χ3v) is 8.58. The van der Waals surface area contributed by atoms with Gasteiger partial charge in [-0.25, -0.2) is 19.2 Å². The van der Waals surface area contributed by atoms with Crippen molar-refractivity contribution in [2.24, 2.45) is 0 Å². The molecule has 0 amide bonds. The second kappa shape index (κ2) is 9.82. The predicted molar refractivity (Wildman–Crippen MR) is 139 cm³/mol. The van der Waals surface area contributed by atoms with E-state index < -0.39 is 11.4 Å². The summed E-state index contributed by atoms with van der Waals surface area (Å²) < 4.78 is 19.2. The van der Waals surface area contributed by atoms with Crippen LogP contribution in [0.4, 0.5) is 4.39 Å². The molecule has 188 valence electrons. The summed E-state index contributed by atoms with van der Waals surface area (Å²) in [4.78, 5) is 36.0. The van der Waals surface area contributed by atoms with Gasteiger partial charge in [0.2, 0.25) is 0 Å². The molecule has 0 spiro atoms.